The zero-order valence-corrected chi connectivity index (χ0v) is 14.8. The molecule has 1 N–H and O–H groups in total. The summed E-state index contributed by atoms with van der Waals surface area (Å²) in [4.78, 5) is 12.6. The Bertz CT molecular complexity index is 678. The number of carbonyl (C=O) groups is 1. The molecule has 0 atom stereocenters. The van der Waals surface area contributed by atoms with Gasteiger partial charge in [0.2, 0.25) is 5.91 Å². The minimum atomic E-state index is -0.632. The Hall–Kier alpha value is -1.81. The van der Waals surface area contributed by atoms with Gasteiger partial charge >= 0.3 is 0 Å². The number of nitrogens with one attached hydrogen (secondary N) is 1. The standard InChI is InChI=1S/C18H20BrNO2/c1-12-11-14(7-10-16(12)19)20-17(21)18(2,3)13-5-8-15(22-4)9-6-13/h5-11H,1-4H3,(H,20,21). The van der Waals surface area contributed by atoms with Crippen LogP contribution >= 0.6 is 15.9 Å². The number of ether oxygens (including phenoxy) is 1. The first-order valence-corrected chi connectivity index (χ1v) is 7.86. The van der Waals surface area contributed by atoms with E-state index < -0.39 is 5.41 Å². The molecule has 0 fully saturated rings. The molecule has 4 heteroatoms. The summed E-state index contributed by atoms with van der Waals surface area (Å²) in [6.07, 6.45) is 0. The molecule has 1 amide bonds. The lowest BCUT2D eigenvalue weighted by Gasteiger charge is -2.24. The van der Waals surface area contributed by atoms with Gasteiger partial charge in [0.25, 0.3) is 0 Å². The number of methoxy groups -OCH3 is 1. The number of hydrogen-bond donors (Lipinski definition) is 1. The quantitative estimate of drug-likeness (QED) is 0.858. The van der Waals surface area contributed by atoms with Gasteiger partial charge in [-0.25, -0.2) is 0 Å². The summed E-state index contributed by atoms with van der Waals surface area (Å²) >= 11 is 3.46. The van der Waals surface area contributed by atoms with Crippen LogP contribution in [0.25, 0.3) is 0 Å². The lowest BCUT2D eigenvalue weighted by molar-refractivity contribution is -0.120. The van der Waals surface area contributed by atoms with Crippen molar-refractivity contribution in [3.63, 3.8) is 0 Å². The minimum absolute atomic E-state index is 0.0422. The summed E-state index contributed by atoms with van der Waals surface area (Å²) in [6, 6.07) is 13.4. The Morgan fingerprint density at radius 3 is 2.32 bits per heavy atom. The van der Waals surface area contributed by atoms with Crippen molar-refractivity contribution in [2.45, 2.75) is 26.2 Å². The Balaban J connectivity index is 2.20. The number of hydrogen-bond acceptors (Lipinski definition) is 2. The monoisotopic (exact) mass is 361 g/mol. The van der Waals surface area contributed by atoms with Crippen molar-refractivity contribution < 1.29 is 9.53 Å². The number of benzene rings is 2. The van der Waals surface area contributed by atoms with Gasteiger partial charge < -0.3 is 10.1 Å². The van der Waals surface area contributed by atoms with Crippen LogP contribution in [0.4, 0.5) is 5.69 Å². The number of halogens is 1. The molecular formula is C18H20BrNO2. The molecule has 0 heterocycles. The van der Waals surface area contributed by atoms with Crippen LogP contribution in [0.15, 0.2) is 46.9 Å². The first kappa shape index (κ1) is 16.6. The highest BCUT2D eigenvalue weighted by molar-refractivity contribution is 9.10. The van der Waals surface area contributed by atoms with Crippen molar-refractivity contribution in [3.05, 3.63) is 58.1 Å². The highest BCUT2D eigenvalue weighted by Crippen LogP contribution is 2.28. The maximum atomic E-state index is 12.6. The van der Waals surface area contributed by atoms with Gasteiger partial charge in [0.15, 0.2) is 0 Å². The molecule has 2 aromatic carbocycles. The van der Waals surface area contributed by atoms with E-state index >= 15 is 0 Å². The van der Waals surface area contributed by atoms with E-state index in [4.69, 9.17) is 4.74 Å². The number of amides is 1. The second-order valence-electron chi connectivity index (χ2n) is 5.77. The van der Waals surface area contributed by atoms with E-state index in [1.54, 1.807) is 7.11 Å². The molecule has 0 aromatic heterocycles. The molecule has 0 spiro atoms. The molecule has 0 aliphatic rings. The van der Waals surface area contributed by atoms with Crippen LogP contribution in [0.1, 0.15) is 25.0 Å². The second kappa shape index (κ2) is 6.53. The number of carbonyl (C=O) groups excluding carboxylic acids is 1. The SMILES string of the molecule is COc1ccc(C(C)(C)C(=O)Nc2ccc(Br)c(C)c2)cc1. The third-order valence-electron chi connectivity index (χ3n) is 3.80. The van der Waals surface area contributed by atoms with Crippen LogP contribution in [0.2, 0.25) is 0 Å². The second-order valence-corrected chi connectivity index (χ2v) is 6.63. The number of rotatable bonds is 4. The van der Waals surface area contributed by atoms with Gasteiger partial charge in [-0.3, -0.25) is 4.79 Å². The van der Waals surface area contributed by atoms with Gasteiger partial charge in [0.05, 0.1) is 12.5 Å². The van der Waals surface area contributed by atoms with Gasteiger partial charge in [0, 0.05) is 10.2 Å². The zero-order chi connectivity index (χ0) is 16.3. The van der Waals surface area contributed by atoms with Crippen molar-refractivity contribution in [1.29, 1.82) is 0 Å². The normalized spacial score (nSPS) is 11.1. The molecule has 0 saturated heterocycles. The lowest BCUT2D eigenvalue weighted by Crippen LogP contribution is -2.34. The molecular weight excluding hydrogens is 342 g/mol. The first-order valence-electron chi connectivity index (χ1n) is 7.06. The predicted molar refractivity (Wildman–Crippen MR) is 93.5 cm³/mol. The van der Waals surface area contributed by atoms with Crippen LogP contribution in [-0.2, 0) is 10.2 Å². The molecule has 0 aliphatic heterocycles. The molecule has 22 heavy (non-hydrogen) atoms. The van der Waals surface area contributed by atoms with E-state index in [1.165, 1.54) is 0 Å². The molecule has 0 unspecified atom stereocenters. The smallest absolute Gasteiger partial charge is 0.234 e. The van der Waals surface area contributed by atoms with Gasteiger partial charge in [-0.15, -0.1) is 0 Å². The van der Waals surface area contributed by atoms with Crippen LogP contribution in [-0.4, -0.2) is 13.0 Å². The van der Waals surface area contributed by atoms with E-state index in [1.807, 2.05) is 63.2 Å². The molecule has 2 rings (SSSR count). The third-order valence-corrected chi connectivity index (χ3v) is 4.68. The minimum Gasteiger partial charge on any atom is -0.497 e. The average Bonchev–Trinajstić information content (AvgIpc) is 2.51. The summed E-state index contributed by atoms with van der Waals surface area (Å²) < 4.78 is 6.19. The van der Waals surface area contributed by atoms with E-state index in [9.17, 15) is 4.79 Å². The number of anilines is 1. The fourth-order valence-corrected chi connectivity index (χ4v) is 2.40. The van der Waals surface area contributed by atoms with Crippen molar-refractivity contribution in [3.8, 4) is 5.75 Å². The van der Waals surface area contributed by atoms with E-state index in [2.05, 4.69) is 21.2 Å². The molecule has 116 valence electrons. The largest absolute Gasteiger partial charge is 0.497 e. The van der Waals surface area contributed by atoms with Crippen molar-refractivity contribution >= 4 is 27.5 Å². The summed E-state index contributed by atoms with van der Waals surface area (Å²) in [7, 11) is 1.63. The molecule has 0 radical (unpaired) electrons. The van der Waals surface area contributed by atoms with Crippen LogP contribution in [0.3, 0.4) is 0 Å². The predicted octanol–water partition coefficient (Wildman–Crippen LogP) is 4.68. The van der Waals surface area contributed by atoms with Gasteiger partial charge in [-0.1, -0.05) is 28.1 Å². The Morgan fingerprint density at radius 2 is 1.77 bits per heavy atom. The van der Waals surface area contributed by atoms with E-state index in [0.29, 0.717) is 0 Å². The Morgan fingerprint density at radius 1 is 1.14 bits per heavy atom. The van der Waals surface area contributed by atoms with Crippen LogP contribution in [0, 0.1) is 6.92 Å². The summed E-state index contributed by atoms with van der Waals surface area (Å²) in [5, 5.41) is 2.99. The molecule has 2 aromatic rings. The topological polar surface area (TPSA) is 38.3 Å². The van der Waals surface area contributed by atoms with Crippen LogP contribution in [0.5, 0.6) is 5.75 Å². The Labute approximate surface area is 139 Å². The lowest BCUT2D eigenvalue weighted by atomic mass is 9.83. The van der Waals surface area contributed by atoms with Crippen molar-refractivity contribution in [2.75, 3.05) is 12.4 Å². The maximum absolute atomic E-state index is 12.6. The third kappa shape index (κ3) is 3.50. The van der Waals surface area contributed by atoms with Gasteiger partial charge in [-0.05, 0) is 62.2 Å². The molecule has 3 nitrogen and oxygen atoms in total. The summed E-state index contributed by atoms with van der Waals surface area (Å²) in [5.41, 5.74) is 2.19. The van der Waals surface area contributed by atoms with Crippen molar-refractivity contribution in [2.24, 2.45) is 0 Å². The van der Waals surface area contributed by atoms with E-state index in [0.717, 1.165) is 27.0 Å². The maximum Gasteiger partial charge on any atom is 0.234 e. The fourth-order valence-electron chi connectivity index (χ4n) is 2.15. The summed E-state index contributed by atoms with van der Waals surface area (Å²) in [5.74, 6) is 0.739. The van der Waals surface area contributed by atoms with Crippen molar-refractivity contribution in [1.82, 2.24) is 0 Å². The van der Waals surface area contributed by atoms with Gasteiger partial charge in [0.1, 0.15) is 5.75 Å². The first-order chi connectivity index (χ1) is 10.3. The van der Waals surface area contributed by atoms with Gasteiger partial charge in [-0.2, -0.15) is 0 Å². The molecule has 0 saturated carbocycles. The van der Waals surface area contributed by atoms with Crippen LogP contribution < -0.4 is 10.1 Å². The van der Waals surface area contributed by atoms with E-state index in [-0.39, 0.29) is 5.91 Å². The fraction of sp³-hybridized carbons (Fsp3) is 0.278. The summed E-state index contributed by atoms with van der Waals surface area (Å²) in [6.45, 7) is 5.82. The highest BCUT2D eigenvalue weighted by Gasteiger charge is 2.29. The highest BCUT2D eigenvalue weighted by atomic mass is 79.9. The Kier molecular flexibility index (Phi) is 4.91. The molecule has 0 bridgehead atoms. The number of aryl methyl sites for hydroxylation is 1. The molecule has 0 aliphatic carbocycles. The average molecular weight is 362 g/mol. The zero-order valence-electron chi connectivity index (χ0n) is 13.2.